The maximum absolute atomic E-state index is 11.8. The number of benzene rings is 2. The molecule has 2 aromatic rings. The minimum absolute atomic E-state index is 0.162. The van der Waals surface area contributed by atoms with Crippen molar-refractivity contribution >= 4 is 34.1 Å². The van der Waals surface area contributed by atoms with Gasteiger partial charge in [-0.05, 0) is 41.5 Å². The van der Waals surface area contributed by atoms with E-state index in [-0.39, 0.29) is 19.1 Å². The molecule has 1 N–H and O–H groups in total. The van der Waals surface area contributed by atoms with Crippen LogP contribution < -0.4 is 14.9 Å². The molecule has 0 saturated carbocycles. The highest BCUT2D eigenvalue weighted by molar-refractivity contribution is 9.10. The third-order valence-electron chi connectivity index (χ3n) is 3.31. The van der Waals surface area contributed by atoms with Gasteiger partial charge in [0, 0.05) is 10.7 Å². The molecule has 0 aliphatic carbocycles. The van der Waals surface area contributed by atoms with E-state index in [1.54, 1.807) is 6.08 Å². The van der Waals surface area contributed by atoms with Crippen molar-refractivity contribution in [2.75, 3.05) is 6.79 Å². The van der Waals surface area contributed by atoms with Gasteiger partial charge in [0.25, 0.3) is 0 Å². The average molecular weight is 387 g/mol. The van der Waals surface area contributed by atoms with E-state index in [9.17, 15) is 4.79 Å². The second-order valence-corrected chi connectivity index (χ2v) is 6.00. The molecule has 1 heterocycles. The lowest BCUT2D eigenvalue weighted by molar-refractivity contribution is -0.120. The van der Waals surface area contributed by atoms with E-state index in [4.69, 9.17) is 9.47 Å². The minimum Gasteiger partial charge on any atom is -0.454 e. The first-order valence-corrected chi connectivity index (χ1v) is 8.13. The fourth-order valence-electron chi connectivity index (χ4n) is 2.15. The van der Waals surface area contributed by atoms with Crippen molar-refractivity contribution in [3.63, 3.8) is 0 Å². The Morgan fingerprint density at radius 2 is 1.96 bits per heavy atom. The Morgan fingerprint density at radius 1 is 1.17 bits per heavy atom. The number of hydrazone groups is 1. The van der Waals surface area contributed by atoms with E-state index in [0.29, 0.717) is 0 Å². The third-order valence-corrected chi connectivity index (χ3v) is 3.84. The first kappa shape index (κ1) is 16.3. The molecule has 24 heavy (non-hydrogen) atoms. The van der Waals surface area contributed by atoms with Crippen LogP contribution in [0.25, 0.3) is 6.08 Å². The molecule has 1 amide bonds. The topological polar surface area (TPSA) is 59.9 Å². The molecular formula is C18H15BrN2O3. The zero-order chi connectivity index (χ0) is 16.8. The number of ether oxygens (including phenoxy) is 2. The SMILES string of the molecule is O=C(Cc1ccc(Br)cc1)N/N=C/C=C/c1ccc2c(c1)OCO2. The first-order valence-electron chi connectivity index (χ1n) is 7.33. The van der Waals surface area contributed by atoms with Crippen molar-refractivity contribution in [3.8, 4) is 11.5 Å². The molecule has 1 aliphatic heterocycles. The number of allylic oxidation sites excluding steroid dienone is 1. The zero-order valence-corrected chi connectivity index (χ0v) is 14.3. The molecule has 3 rings (SSSR count). The van der Waals surface area contributed by atoms with Crippen LogP contribution in [-0.2, 0) is 11.2 Å². The molecule has 0 atom stereocenters. The van der Waals surface area contributed by atoms with Gasteiger partial charge in [-0.1, -0.05) is 40.2 Å². The number of hydrogen-bond acceptors (Lipinski definition) is 4. The maximum atomic E-state index is 11.8. The van der Waals surface area contributed by atoms with Gasteiger partial charge in [0.1, 0.15) is 0 Å². The Hall–Kier alpha value is -2.60. The molecule has 6 heteroatoms. The summed E-state index contributed by atoms with van der Waals surface area (Å²) >= 11 is 3.36. The van der Waals surface area contributed by atoms with E-state index < -0.39 is 0 Å². The van der Waals surface area contributed by atoms with Gasteiger partial charge in [-0.2, -0.15) is 5.10 Å². The summed E-state index contributed by atoms with van der Waals surface area (Å²) in [6.45, 7) is 0.258. The molecular weight excluding hydrogens is 372 g/mol. The molecule has 0 unspecified atom stereocenters. The second-order valence-electron chi connectivity index (χ2n) is 5.09. The first-order chi connectivity index (χ1) is 11.7. The molecule has 122 valence electrons. The number of rotatable bonds is 5. The smallest absolute Gasteiger partial charge is 0.244 e. The van der Waals surface area contributed by atoms with Gasteiger partial charge in [-0.25, -0.2) is 5.43 Å². The van der Waals surface area contributed by atoms with Crippen molar-refractivity contribution in [2.45, 2.75) is 6.42 Å². The van der Waals surface area contributed by atoms with Crippen LogP contribution in [0.5, 0.6) is 11.5 Å². The summed E-state index contributed by atoms with van der Waals surface area (Å²) in [5, 5.41) is 3.90. The summed E-state index contributed by atoms with van der Waals surface area (Å²) in [5.74, 6) is 1.32. The van der Waals surface area contributed by atoms with E-state index in [2.05, 4.69) is 26.5 Å². The molecule has 5 nitrogen and oxygen atoms in total. The highest BCUT2D eigenvalue weighted by Crippen LogP contribution is 2.32. The van der Waals surface area contributed by atoms with Crippen LogP contribution in [0.15, 0.2) is 58.1 Å². The third kappa shape index (κ3) is 4.45. The van der Waals surface area contributed by atoms with Gasteiger partial charge in [0.05, 0.1) is 6.42 Å². The van der Waals surface area contributed by atoms with Gasteiger partial charge >= 0.3 is 0 Å². The van der Waals surface area contributed by atoms with Gasteiger partial charge in [0.2, 0.25) is 12.7 Å². The van der Waals surface area contributed by atoms with Crippen molar-refractivity contribution in [2.24, 2.45) is 5.10 Å². The molecule has 1 aliphatic rings. The number of carbonyl (C=O) groups is 1. The lowest BCUT2D eigenvalue weighted by Gasteiger charge is -2.00. The van der Waals surface area contributed by atoms with Crippen molar-refractivity contribution < 1.29 is 14.3 Å². The number of nitrogens with zero attached hydrogens (tertiary/aromatic N) is 1. The molecule has 2 aromatic carbocycles. The van der Waals surface area contributed by atoms with Crippen LogP contribution in [0.3, 0.4) is 0 Å². The van der Waals surface area contributed by atoms with Gasteiger partial charge in [-0.15, -0.1) is 0 Å². The van der Waals surface area contributed by atoms with E-state index in [1.165, 1.54) is 6.21 Å². The Balaban J connectivity index is 1.47. The van der Waals surface area contributed by atoms with Gasteiger partial charge < -0.3 is 9.47 Å². The van der Waals surface area contributed by atoms with Crippen LogP contribution >= 0.6 is 15.9 Å². The van der Waals surface area contributed by atoms with Crippen molar-refractivity contribution in [1.82, 2.24) is 5.43 Å². The largest absolute Gasteiger partial charge is 0.454 e. The normalized spacial score (nSPS) is 12.9. The maximum Gasteiger partial charge on any atom is 0.244 e. The van der Waals surface area contributed by atoms with Gasteiger partial charge in [0.15, 0.2) is 11.5 Å². The summed E-state index contributed by atoms with van der Waals surface area (Å²) < 4.78 is 11.6. The van der Waals surface area contributed by atoms with Crippen LogP contribution in [-0.4, -0.2) is 18.9 Å². The number of fused-ring (bicyclic) bond motifs is 1. The Bertz CT molecular complexity index is 785. The highest BCUT2D eigenvalue weighted by atomic mass is 79.9. The van der Waals surface area contributed by atoms with Crippen LogP contribution in [0.4, 0.5) is 0 Å². The van der Waals surface area contributed by atoms with Crippen LogP contribution in [0, 0.1) is 0 Å². The Morgan fingerprint density at radius 3 is 2.79 bits per heavy atom. The standard InChI is InChI=1S/C18H15BrN2O3/c19-15-6-3-14(4-7-15)11-18(22)21-20-9-1-2-13-5-8-16-17(10-13)24-12-23-16/h1-10H,11-12H2,(H,21,22)/b2-1+,20-9+. The second kappa shape index (κ2) is 7.79. The van der Waals surface area contributed by atoms with E-state index >= 15 is 0 Å². The summed E-state index contributed by atoms with van der Waals surface area (Å²) in [6.07, 6.45) is 5.43. The zero-order valence-electron chi connectivity index (χ0n) is 12.7. The lowest BCUT2D eigenvalue weighted by atomic mass is 10.1. The molecule has 0 fully saturated rings. The van der Waals surface area contributed by atoms with Crippen molar-refractivity contribution in [1.29, 1.82) is 0 Å². The van der Waals surface area contributed by atoms with Crippen LogP contribution in [0.1, 0.15) is 11.1 Å². The Labute approximate surface area is 148 Å². The summed E-state index contributed by atoms with van der Waals surface area (Å²) in [7, 11) is 0. The van der Waals surface area contributed by atoms with Crippen molar-refractivity contribution in [3.05, 3.63) is 64.1 Å². The Kier molecular flexibility index (Phi) is 5.28. The fraction of sp³-hybridized carbons (Fsp3) is 0.111. The molecule has 0 saturated heterocycles. The number of carbonyl (C=O) groups excluding carboxylic acids is 1. The molecule has 0 bridgehead atoms. The number of nitrogens with one attached hydrogen (secondary N) is 1. The monoisotopic (exact) mass is 386 g/mol. The minimum atomic E-state index is -0.162. The van der Waals surface area contributed by atoms with Gasteiger partial charge in [-0.3, -0.25) is 4.79 Å². The summed E-state index contributed by atoms with van der Waals surface area (Å²) in [5.41, 5.74) is 4.39. The van der Waals surface area contributed by atoms with E-state index in [1.807, 2.05) is 48.5 Å². The molecule has 0 aromatic heterocycles. The number of halogens is 1. The van der Waals surface area contributed by atoms with Crippen LogP contribution in [0.2, 0.25) is 0 Å². The predicted octanol–water partition coefficient (Wildman–Crippen LogP) is 3.54. The number of hydrogen-bond donors (Lipinski definition) is 1. The average Bonchev–Trinajstić information content (AvgIpc) is 3.04. The van der Waals surface area contributed by atoms with E-state index in [0.717, 1.165) is 27.1 Å². The number of amides is 1. The fourth-order valence-corrected chi connectivity index (χ4v) is 2.41. The lowest BCUT2D eigenvalue weighted by Crippen LogP contribution is -2.19. The summed E-state index contributed by atoms with van der Waals surface area (Å²) in [6, 6.07) is 13.3. The molecule has 0 radical (unpaired) electrons. The predicted molar refractivity (Wildman–Crippen MR) is 96.1 cm³/mol. The molecule has 0 spiro atoms. The summed E-state index contributed by atoms with van der Waals surface area (Å²) in [4.78, 5) is 11.8. The quantitative estimate of drug-likeness (QED) is 0.631. The highest BCUT2D eigenvalue weighted by Gasteiger charge is 2.11.